The minimum atomic E-state index is 0.819. The maximum Gasteiger partial charge on any atom is 0.118 e. The van der Waals surface area contributed by atoms with Crippen molar-refractivity contribution in [3.63, 3.8) is 0 Å². The van der Waals surface area contributed by atoms with Gasteiger partial charge in [0.05, 0.1) is 18.5 Å². The zero-order valence-corrected chi connectivity index (χ0v) is 11.5. The fraction of sp³-hybridized carbons (Fsp3) is 0.250. The number of para-hydroxylation sites is 2. The van der Waals surface area contributed by atoms with E-state index in [0.717, 1.165) is 30.1 Å². The Hall–Kier alpha value is -2.16. The van der Waals surface area contributed by atoms with Crippen LogP contribution in [0.15, 0.2) is 48.5 Å². The molecule has 0 unspecified atom stereocenters. The third-order valence-electron chi connectivity index (χ3n) is 3.24. The maximum absolute atomic E-state index is 5.97. The van der Waals surface area contributed by atoms with Crippen LogP contribution in [0.5, 0.6) is 5.75 Å². The van der Waals surface area contributed by atoms with Crippen molar-refractivity contribution in [3.05, 3.63) is 54.1 Å². The van der Waals surface area contributed by atoms with Crippen molar-refractivity contribution in [3.8, 4) is 5.75 Å². The first-order valence-electron chi connectivity index (χ1n) is 6.39. The molecular weight excluding hydrogens is 236 g/mol. The second-order valence-corrected chi connectivity index (χ2v) is 4.58. The van der Waals surface area contributed by atoms with Crippen molar-refractivity contribution in [1.82, 2.24) is 0 Å². The fourth-order valence-corrected chi connectivity index (χ4v) is 2.04. The van der Waals surface area contributed by atoms with Crippen molar-refractivity contribution >= 4 is 11.4 Å². The predicted octanol–water partition coefficient (Wildman–Crippen LogP) is 2.96. The number of hydrogen-bond acceptors (Lipinski definition) is 3. The predicted molar refractivity (Wildman–Crippen MR) is 80.8 cm³/mol. The average molecular weight is 256 g/mol. The highest BCUT2D eigenvalue weighted by Gasteiger charge is 2.04. The van der Waals surface area contributed by atoms with Gasteiger partial charge < -0.3 is 15.4 Å². The number of nitrogens with two attached hydrogens (primary N) is 1. The number of methoxy groups -OCH3 is 1. The molecule has 0 atom stereocenters. The van der Waals surface area contributed by atoms with Crippen molar-refractivity contribution < 1.29 is 4.74 Å². The van der Waals surface area contributed by atoms with Gasteiger partial charge in [-0.3, -0.25) is 0 Å². The normalized spacial score (nSPS) is 10.2. The molecule has 0 bridgehead atoms. The first-order chi connectivity index (χ1) is 9.20. The number of nitrogens with zero attached hydrogens (tertiary/aromatic N) is 1. The summed E-state index contributed by atoms with van der Waals surface area (Å²) in [4.78, 5) is 2.18. The van der Waals surface area contributed by atoms with Gasteiger partial charge in [0, 0.05) is 13.6 Å². The summed E-state index contributed by atoms with van der Waals surface area (Å²) in [5.74, 6) is 0.893. The topological polar surface area (TPSA) is 38.5 Å². The summed E-state index contributed by atoms with van der Waals surface area (Å²) in [6.07, 6.45) is 0.981. The summed E-state index contributed by atoms with van der Waals surface area (Å²) in [7, 11) is 3.75. The van der Waals surface area contributed by atoms with Crippen LogP contribution in [0, 0.1) is 0 Å². The molecule has 0 fully saturated rings. The van der Waals surface area contributed by atoms with Gasteiger partial charge in [-0.2, -0.15) is 0 Å². The molecule has 0 amide bonds. The highest BCUT2D eigenvalue weighted by molar-refractivity contribution is 5.66. The lowest BCUT2D eigenvalue weighted by Crippen LogP contribution is -2.21. The summed E-state index contributed by atoms with van der Waals surface area (Å²) >= 11 is 0. The quantitative estimate of drug-likeness (QED) is 0.836. The van der Waals surface area contributed by atoms with Gasteiger partial charge in [0.1, 0.15) is 5.75 Å². The first-order valence-corrected chi connectivity index (χ1v) is 6.39. The van der Waals surface area contributed by atoms with Gasteiger partial charge in [-0.05, 0) is 36.2 Å². The van der Waals surface area contributed by atoms with Crippen molar-refractivity contribution in [2.75, 3.05) is 31.3 Å². The van der Waals surface area contributed by atoms with E-state index in [4.69, 9.17) is 10.5 Å². The lowest BCUT2D eigenvalue weighted by atomic mass is 10.1. The number of hydrogen-bond donors (Lipinski definition) is 1. The van der Waals surface area contributed by atoms with Gasteiger partial charge in [-0.25, -0.2) is 0 Å². The van der Waals surface area contributed by atoms with Gasteiger partial charge in [0.25, 0.3) is 0 Å². The molecule has 0 saturated carbocycles. The van der Waals surface area contributed by atoms with Crippen LogP contribution in [0.4, 0.5) is 11.4 Å². The standard InChI is InChI=1S/C16H20N2O/c1-18(16-6-4-3-5-15(16)17)12-11-13-7-9-14(19-2)10-8-13/h3-10H,11-12,17H2,1-2H3. The molecule has 100 valence electrons. The van der Waals surface area contributed by atoms with Gasteiger partial charge in [-0.1, -0.05) is 24.3 Å². The molecule has 3 nitrogen and oxygen atoms in total. The Bertz CT molecular complexity index is 523. The molecule has 2 rings (SSSR count). The van der Waals surface area contributed by atoms with E-state index in [9.17, 15) is 0 Å². The highest BCUT2D eigenvalue weighted by Crippen LogP contribution is 2.21. The first kappa shape index (κ1) is 13.3. The van der Waals surface area contributed by atoms with E-state index < -0.39 is 0 Å². The van der Waals surface area contributed by atoms with Crippen LogP contribution in [-0.4, -0.2) is 20.7 Å². The van der Waals surface area contributed by atoms with Crippen LogP contribution in [0.1, 0.15) is 5.56 Å². The van der Waals surface area contributed by atoms with E-state index >= 15 is 0 Å². The van der Waals surface area contributed by atoms with Crippen LogP contribution in [0.3, 0.4) is 0 Å². The number of rotatable bonds is 5. The van der Waals surface area contributed by atoms with E-state index in [2.05, 4.69) is 24.1 Å². The Morgan fingerprint density at radius 1 is 1.05 bits per heavy atom. The smallest absolute Gasteiger partial charge is 0.118 e. The molecule has 0 aliphatic rings. The van der Waals surface area contributed by atoms with Gasteiger partial charge in [0.2, 0.25) is 0 Å². The zero-order valence-electron chi connectivity index (χ0n) is 11.5. The second kappa shape index (κ2) is 6.14. The summed E-state index contributed by atoms with van der Waals surface area (Å²) in [6, 6.07) is 16.1. The van der Waals surface area contributed by atoms with E-state index in [0.29, 0.717) is 0 Å². The lowest BCUT2D eigenvalue weighted by Gasteiger charge is -2.21. The lowest BCUT2D eigenvalue weighted by molar-refractivity contribution is 0.414. The Kier molecular flexibility index (Phi) is 4.29. The second-order valence-electron chi connectivity index (χ2n) is 4.58. The largest absolute Gasteiger partial charge is 0.497 e. The SMILES string of the molecule is COc1ccc(CCN(C)c2ccccc2N)cc1. The Labute approximate surface area is 114 Å². The minimum absolute atomic E-state index is 0.819. The van der Waals surface area contributed by atoms with Crippen LogP contribution in [-0.2, 0) is 6.42 Å². The fourth-order valence-electron chi connectivity index (χ4n) is 2.04. The van der Waals surface area contributed by atoms with Crippen LogP contribution < -0.4 is 15.4 Å². The van der Waals surface area contributed by atoms with E-state index in [-0.39, 0.29) is 0 Å². The third-order valence-corrected chi connectivity index (χ3v) is 3.24. The molecule has 3 heteroatoms. The van der Waals surface area contributed by atoms with Crippen molar-refractivity contribution in [2.24, 2.45) is 0 Å². The zero-order chi connectivity index (χ0) is 13.7. The molecule has 19 heavy (non-hydrogen) atoms. The molecule has 0 saturated heterocycles. The van der Waals surface area contributed by atoms with Crippen LogP contribution in [0.2, 0.25) is 0 Å². The Balaban J connectivity index is 1.96. The van der Waals surface area contributed by atoms with Crippen LogP contribution >= 0.6 is 0 Å². The summed E-state index contributed by atoms with van der Waals surface area (Å²) in [5, 5.41) is 0. The molecule has 0 aliphatic carbocycles. The molecule has 2 aromatic rings. The van der Waals surface area contributed by atoms with Gasteiger partial charge in [0.15, 0.2) is 0 Å². The molecule has 2 aromatic carbocycles. The van der Waals surface area contributed by atoms with E-state index in [1.165, 1.54) is 5.56 Å². The van der Waals surface area contributed by atoms with Gasteiger partial charge in [-0.15, -0.1) is 0 Å². The molecule has 0 aliphatic heterocycles. The Morgan fingerprint density at radius 2 is 1.74 bits per heavy atom. The van der Waals surface area contributed by atoms with Crippen molar-refractivity contribution in [1.29, 1.82) is 0 Å². The monoisotopic (exact) mass is 256 g/mol. The molecule has 2 N–H and O–H groups in total. The summed E-state index contributed by atoms with van der Waals surface area (Å²) < 4.78 is 5.15. The number of ether oxygens (including phenoxy) is 1. The summed E-state index contributed by atoms with van der Waals surface area (Å²) in [5.41, 5.74) is 9.16. The van der Waals surface area contributed by atoms with Crippen molar-refractivity contribution in [2.45, 2.75) is 6.42 Å². The number of benzene rings is 2. The van der Waals surface area contributed by atoms with E-state index in [1.54, 1.807) is 7.11 Å². The summed E-state index contributed by atoms with van der Waals surface area (Å²) in [6.45, 7) is 0.931. The van der Waals surface area contributed by atoms with Gasteiger partial charge >= 0.3 is 0 Å². The number of nitrogen functional groups attached to an aromatic ring is 1. The Morgan fingerprint density at radius 3 is 2.37 bits per heavy atom. The average Bonchev–Trinajstić information content (AvgIpc) is 2.46. The molecule has 0 aromatic heterocycles. The molecule has 0 heterocycles. The molecule has 0 radical (unpaired) electrons. The van der Waals surface area contributed by atoms with E-state index in [1.807, 2.05) is 36.4 Å². The third kappa shape index (κ3) is 3.41. The molecular formula is C16H20N2O. The highest BCUT2D eigenvalue weighted by atomic mass is 16.5. The van der Waals surface area contributed by atoms with Crippen LogP contribution in [0.25, 0.3) is 0 Å². The molecule has 0 spiro atoms. The maximum atomic E-state index is 5.97. The minimum Gasteiger partial charge on any atom is -0.497 e. The number of anilines is 2. The number of likely N-dealkylation sites (N-methyl/N-ethyl adjacent to an activating group) is 1.